The fourth-order valence-corrected chi connectivity index (χ4v) is 2.99. The fourth-order valence-electron chi connectivity index (χ4n) is 2.99. The molecular weight excluding hydrogens is 248 g/mol. The lowest BCUT2D eigenvalue weighted by molar-refractivity contribution is -0.122. The number of nitrogens with zero attached hydrogens (tertiary/aromatic N) is 1. The van der Waals surface area contributed by atoms with E-state index in [2.05, 4.69) is 40.5 Å². The Morgan fingerprint density at radius 2 is 1.80 bits per heavy atom. The Labute approximate surface area is 121 Å². The number of carbonyl (C=O) groups is 1. The van der Waals surface area contributed by atoms with Gasteiger partial charge in [-0.25, -0.2) is 0 Å². The zero-order chi connectivity index (χ0) is 13.8. The molecule has 2 aliphatic rings. The maximum Gasteiger partial charge on any atom is 0.234 e. The Hall–Kier alpha value is -1.35. The lowest BCUT2D eigenvalue weighted by Gasteiger charge is -2.31. The van der Waals surface area contributed by atoms with Crippen LogP contribution in [0.1, 0.15) is 37.2 Å². The van der Waals surface area contributed by atoms with Crippen molar-refractivity contribution in [3.63, 3.8) is 0 Å². The van der Waals surface area contributed by atoms with Crippen molar-refractivity contribution in [1.29, 1.82) is 0 Å². The summed E-state index contributed by atoms with van der Waals surface area (Å²) in [6.45, 7) is 3.54. The average molecular weight is 272 g/mol. The minimum atomic E-state index is 0.204. The summed E-state index contributed by atoms with van der Waals surface area (Å²) in [5, 5.41) is 3.05. The molecule has 0 atom stereocenters. The molecule has 1 aromatic rings. The van der Waals surface area contributed by atoms with Crippen molar-refractivity contribution in [3.8, 4) is 0 Å². The molecule has 3 heteroatoms. The van der Waals surface area contributed by atoms with Gasteiger partial charge in [-0.2, -0.15) is 0 Å². The summed E-state index contributed by atoms with van der Waals surface area (Å²) in [7, 11) is 0. The number of piperidine rings is 1. The third-order valence-corrected chi connectivity index (χ3v) is 4.51. The van der Waals surface area contributed by atoms with Crippen LogP contribution in [0.25, 0.3) is 0 Å². The molecule has 1 N–H and O–H groups in total. The molecule has 1 saturated heterocycles. The molecule has 2 fully saturated rings. The first kappa shape index (κ1) is 13.6. The number of amides is 1. The van der Waals surface area contributed by atoms with Crippen LogP contribution >= 0.6 is 0 Å². The molecule has 1 aromatic carbocycles. The van der Waals surface area contributed by atoms with Gasteiger partial charge in [0.05, 0.1) is 6.54 Å². The molecule has 0 unspecified atom stereocenters. The zero-order valence-electron chi connectivity index (χ0n) is 12.1. The SMILES string of the molecule is O=C(CN1CCC(c2ccccc2)CC1)NCC1CC1. The second-order valence-corrected chi connectivity index (χ2v) is 6.21. The maximum atomic E-state index is 11.8. The molecule has 3 rings (SSSR count). The second-order valence-electron chi connectivity index (χ2n) is 6.21. The minimum Gasteiger partial charge on any atom is -0.355 e. The van der Waals surface area contributed by atoms with Gasteiger partial charge in [0.1, 0.15) is 0 Å². The number of likely N-dealkylation sites (tertiary alicyclic amines) is 1. The van der Waals surface area contributed by atoms with Gasteiger partial charge in [0.25, 0.3) is 0 Å². The summed E-state index contributed by atoms with van der Waals surface area (Å²) in [4.78, 5) is 14.1. The van der Waals surface area contributed by atoms with Crippen LogP contribution in [-0.4, -0.2) is 37.0 Å². The Balaban J connectivity index is 1.40. The van der Waals surface area contributed by atoms with Gasteiger partial charge < -0.3 is 5.32 Å². The Morgan fingerprint density at radius 3 is 2.45 bits per heavy atom. The van der Waals surface area contributed by atoms with Crippen LogP contribution in [0, 0.1) is 5.92 Å². The summed E-state index contributed by atoms with van der Waals surface area (Å²) in [6.07, 6.45) is 4.92. The Morgan fingerprint density at radius 1 is 1.10 bits per heavy atom. The normalized spacial score (nSPS) is 20.8. The fraction of sp³-hybridized carbons (Fsp3) is 0.588. The molecular formula is C17H24N2O. The van der Waals surface area contributed by atoms with Crippen LogP contribution in [0.4, 0.5) is 0 Å². The van der Waals surface area contributed by atoms with E-state index in [0.29, 0.717) is 12.5 Å². The van der Waals surface area contributed by atoms with Gasteiger partial charge >= 0.3 is 0 Å². The van der Waals surface area contributed by atoms with Gasteiger partial charge in [-0.15, -0.1) is 0 Å². The van der Waals surface area contributed by atoms with Gasteiger partial charge in [0, 0.05) is 6.54 Å². The number of hydrogen-bond acceptors (Lipinski definition) is 2. The summed E-state index contributed by atoms with van der Waals surface area (Å²) in [6, 6.07) is 10.8. The molecule has 108 valence electrons. The number of benzene rings is 1. The molecule has 0 aromatic heterocycles. The van der Waals surface area contributed by atoms with Gasteiger partial charge in [-0.1, -0.05) is 30.3 Å². The molecule has 1 aliphatic heterocycles. The smallest absolute Gasteiger partial charge is 0.234 e. The van der Waals surface area contributed by atoms with E-state index in [0.717, 1.165) is 25.6 Å². The first-order chi connectivity index (χ1) is 9.81. The number of nitrogens with one attached hydrogen (secondary N) is 1. The number of carbonyl (C=O) groups excluding carboxylic acids is 1. The van der Waals surface area contributed by atoms with E-state index in [1.807, 2.05) is 0 Å². The van der Waals surface area contributed by atoms with Crippen LogP contribution in [0.2, 0.25) is 0 Å². The molecule has 0 radical (unpaired) electrons. The molecule has 1 saturated carbocycles. The van der Waals surface area contributed by atoms with E-state index in [4.69, 9.17) is 0 Å². The highest BCUT2D eigenvalue weighted by Crippen LogP contribution is 2.28. The highest BCUT2D eigenvalue weighted by atomic mass is 16.2. The van der Waals surface area contributed by atoms with Crippen molar-refractivity contribution >= 4 is 5.91 Å². The van der Waals surface area contributed by atoms with Crippen molar-refractivity contribution in [2.24, 2.45) is 5.92 Å². The predicted octanol–water partition coefficient (Wildman–Crippen LogP) is 2.39. The summed E-state index contributed by atoms with van der Waals surface area (Å²) in [5.41, 5.74) is 1.45. The molecule has 0 spiro atoms. The van der Waals surface area contributed by atoms with Gasteiger partial charge in [-0.05, 0) is 56.2 Å². The molecule has 1 amide bonds. The number of rotatable bonds is 5. The predicted molar refractivity (Wildman–Crippen MR) is 80.6 cm³/mol. The van der Waals surface area contributed by atoms with E-state index in [1.165, 1.54) is 31.2 Å². The monoisotopic (exact) mass is 272 g/mol. The third kappa shape index (κ3) is 3.83. The lowest BCUT2D eigenvalue weighted by Crippen LogP contribution is -2.41. The van der Waals surface area contributed by atoms with Crippen LogP contribution < -0.4 is 5.32 Å². The van der Waals surface area contributed by atoms with Gasteiger partial charge in [0.2, 0.25) is 5.91 Å². The molecule has 1 aliphatic carbocycles. The van der Waals surface area contributed by atoms with Gasteiger partial charge in [0.15, 0.2) is 0 Å². The van der Waals surface area contributed by atoms with E-state index >= 15 is 0 Å². The van der Waals surface area contributed by atoms with Crippen LogP contribution in [0.3, 0.4) is 0 Å². The Kier molecular flexibility index (Phi) is 4.36. The Bertz CT molecular complexity index is 434. The highest BCUT2D eigenvalue weighted by molar-refractivity contribution is 5.78. The summed E-state index contributed by atoms with van der Waals surface area (Å²) < 4.78 is 0. The van der Waals surface area contributed by atoms with Crippen molar-refractivity contribution in [2.75, 3.05) is 26.2 Å². The van der Waals surface area contributed by atoms with Crippen LogP contribution in [-0.2, 0) is 4.79 Å². The third-order valence-electron chi connectivity index (χ3n) is 4.51. The molecule has 0 bridgehead atoms. The number of hydrogen-bond donors (Lipinski definition) is 1. The first-order valence-corrected chi connectivity index (χ1v) is 7.85. The second kappa shape index (κ2) is 6.40. The molecule has 3 nitrogen and oxygen atoms in total. The van der Waals surface area contributed by atoms with Crippen molar-refractivity contribution in [1.82, 2.24) is 10.2 Å². The average Bonchev–Trinajstić information content (AvgIpc) is 3.31. The van der Waals surface area contributed by atoms with E-state index in [9.17, 15) is 4.79 Å². The standard InChI is InChI=1S/C17H24N2O/c20-17(18-12-14-6-7-14)13-19-10-8-16(9-11-19)15-4-2-1-3-5-15/h1-5,14,16H,6-13H2,(H,18,20). The summed E-state index contributed by atoms with van der Waals surface area (Å²) >= 11 is 0. The first-order valence-electron chi connectivity index (χ1n) is 7.85. The van der Waals surface area contributed by atoms with E-state index in [-0.39, 0.29) is 5.91 Å². The largest absolute Gasteiger partial charge is 0.355 e. The van der Waals surface area contributed by atoms with Gasteiger partial charge in [-0.3, -0.25) is 9.69 Å². The van der Waals surface area contributed by atoms with Crippen LogP contribution in [0.15, 0.2) is 30.3 Å². The lowest BCUT2D eigenvalue weighted by atomic mass is 9.89. The molecule has 20 heavy (non-hydrogen) atoms. The van der Waals surface area contributed by atoms with Crippen molar-refractivity contribution in [3.05, 3.63) is 35.9 Å². The van der Waals surface area contributed by atoms with E-state index < -0.39 is 0 Å². The van der Waals surface area contributed by atoms with Crippen LogP contribution in [0.5, 0.6) is 0 Å². The summed E-state index contributed by atoms with van der Waals surface area (Å²) in [5.74, 6) is 1.64. The minimum absolute atomic E-state index is 0.204. The topological polar surface area (TPSA) is 32.3 Å². The highest BCUT2D eigenvalue weighted by Gasteiger charge is 2.24. The zero-order valence-corrected chi connectivity index (χ0v) is 12.1. The van der Waals surface area contributed by atoms with E-state index in [1.54, 1.807) is 0 Å². The maximum absolute atomic E-state index is 11.8. The van der Waals surface area contributed by atoms with Crippen molar-refractivity contribution in [2.45, 2.75) is 31.6 Å². The van der Waals surface area contributed by atoms with Crippen molar-refractivity contribution < 1.29 is 4.79 Å². The molecule has 1 heterocycles. The quantitative estimate of drug-likeness (QED) is 0.892.